The molecule has 0 aliphatic rings. The predicted octanol–water partition coefficient (Wildman–Crippen LogP) is 3.13. The van der Waals surface area contributed by atoms with Crippen LogP contribution in [0.25, 0.3) is 0 Å². The number of carboxylic acid groups (broad SMARTS) is 1. The number of nitrogens with one attached hydrogen (secondary N) is 1. The molecule has 0 bridgehead atoms. The lowest BCUT2D eigenvalue weighted by molar-refractivity contribution is -0.150. The summed E-state index contributed by atoms with van der Waals surface area (Å²) in [5, 5.41) is 12.8. The molecule has 126 valence electrons. The van der Waals surface area contributed by atoms with Crippen LogP contribution in [0.15, 0.2) is 36.9 Å². The molecule has 1 rings (SSSR count). The number of aliphatic carboxylic acids is 1. The normalized spacial score (nSPS) is 14.6. The zero-order valence-electron chi connectivity index (χ0n) is 13.3. The van der Waals surface area contributed by atoms with Crippen LogP contribution in [-0.4, -0.2) is 29.7 Å². The third kappa shape index (κ3) is 4.81. The Morgan fingerprint density at radius 1 is 1.43 bits per heavy atom. The summed E-state index contributed by atoms with van der Waals surface area (Å²) in [4.78, 5) is 24.2. The highest BCUT2D eigenvalue weighted by Crippen LogP contribution is 2.27. The number of halogens is 1. The lowest BCUT2D eigenvalue weighted by Gasteiger charge is -2.31. The van der Waals surface area contributed by atoms with Gasteiger partial charge in [-0.1, -0.05) is 36.7 Å². The fourth-order valence-electron chi connectivity index (χ4n) is 2.14. The second-order valence-corrected chi connectivity index (χ2v) is 5.59. The van der Waals surface area contributed by atoms with Gasteiger partial charge in [0.05, 0.1) is 6.61 Å². The Bertz CT molecular complexity index is 558. The first-order valence-corrected chi connectivity index (χ1v) is 7.79. The summed E-state index contributed by atoms with van der Waals surface area (Å²) >= 11 is 5.85. The summed E-state index contributed by atoms with van der Waals surface area (Å²) in [5.41, 5.74) is -1.05. The van der Waals surface area contributed by atoms with E-state index in [0.717, 1.165) is 0 Å². The average Bonchev–Trinajstić information content (AvgIpc) is 2.53. The number of carbonyl (C=O) groups excluding carboxylic acids is 1. The van der Waals surface area contributed by atoms with Crippen molar-refractivity contribution in [3.63, 3.8) is 0 Å². The van der Waals surface area contributed by atoms with Crippen LogP contribution in [-0.2, 0) is 19.9 Å². The summed E-state index contributed by atoms with van der Waals surface area (Å²) in [5.74, 6) is -1.61. The van der Waals surface area contributed by atoms with Crippen LogP contribution in [0.1, 0.15) is 32.3 Å². The van der Waals surface area contributed by atoms with Gasteiger partial charge in [-0.25, -0.2) is 4.79 Å². The summed E-state index contributed by atoms with van der Waals surface area (Å²) < 4.78 is 5.37. The second-order valence-electron chi connectivity index (χ2n) is 5.15. The van der Waals surface area contributed by atoms with Gasteiger partial charge in [-0.3, -0.25) is 4.79 Å². The van der Waals surface area contributed by atoms with Crippen molar-refractivity contribution < 1.29 is 19.4 Å². The first kappa shape index (κ1) is 19.2. The molecule has 0 radical (unpaired) electrons. The van der Waals surface area contributed by atoms with E-state index in [4.69, 9.17) is 16.3 Å². The van der Waals surface area contributed by atoms with Crippen LogP contribution in [0, 0.1) is 0 Å². The topological polar surface area (TPSA) is 75.6 Å². The van der Waals surface area contributed by atoms with E-state index in [0.29, 0.717) is 23.6 Å². The van der Waals surface area contributed by atoms with E-state index in [1.807, 2.05) is 0 Å². The van der Waals surface area contributed by atoms with Crippen LogP contribution >= 0.6 is 11.6 Å². The Morgan fingerprint density at radius 2 is 2.04 bits per heavy atom. The van der Waals surface area contributed by atoms with Gasteiger partial charge in [0, 0.05) is 5.02 Å². The lowest BCUT2D eigenvalue weighted by atomic mass is 9.87. The molecule has 2 unspecified atom stereocenters. The van der Waals surface area contributed by atoms with Crippen LogP contribution in [0.2, 0.25) is 5.02 Å². The first-order valence-electron chi connectivity index (χ1n) is 7.41. The molecule has 0 fully saturated rings. The van der Waals surface area contributed by atoms with Crippen molar-refractivity contribution >= 4 is 23.5 Å². The van der Waals surface area contributed by atoms with E-state index >= 15 is 0 Å². The number of carbonyl (C=O) groups is 2. The Kier molecular flexibility index (Phi) is 7.26. The number of carboxylic acids is 1. The predicted molar refractivity (Wildman–Crippen MR) is 89.4 cm³/mol. The molecule has 0 spiro atoms. The molecule has 2 N–H and O–H groups in total. The van der Waals surface area contributed by atoms with Gasteiger partial charge in [-0.05, 0) is 37.5 Å². The molecule has 0 aliphatic heterocycles. The van der Waals surface area contributed by atoms with E-state index in [-0.39, 0.29) is 6.42 Å². The summed E-state index contributed by atoms with van der Waals surface area (Å²) in [7, 11) is 0. The average molecular weight is 340 g/mol. The van der Waals surface area contributed by atoms with Crippen molar-refractivity contribution in [1.29, 1.82) is 0 Å². The smallest absolute Gasteiger partial charge is 0.334 e. The Morgan fingerprint density at radius 3 is 2.52 bits per heavy atom. The minimum atomic E-state index is -1.52. The zero-order valence-corrected chi connectivity index (χ0v) is 14.1. The fourth-order valence-corrected chi connectivity index (χ4v) is 2.27. The molecule has 0 saturated carbocycles. The summed E-state index contributed by atoms with van der Waals surface area (Å²) in [6.07, 6.45) is 1.74. The maximum Gasteiger partial charge on any atom is 0.334 e. The van der Waals surface area contributed by atoms with Gasteiger partial charge in [-0.15, -0.1) is 6.58 Å². The third-order valence-corrected chi connectivity index (χ3v) is 3.88. The molecule has 2 atom stereocenters. The van der Waals surface area contributed by atoms with Crippen molar-refractivity contribution in [3.05, 3.63) is 47.5 Å². The maximum absolute atomic E-state index is 12.3. The molecule has 0 aromatic heterocycles. The van der Waals surface area contributed by atoms with Crippen molar-refractivity contribution in [1.82, 2.24) is 5.32 Å². The van der Waals surface area contributed by atoms with Gasteiger partial charge in [0.2, 0.25) is 5.91 Å². The van der Waals surface area contributed by atoms with E-state index in [1.54, 1.807) is 44.2 Å². The van der Waals surface area contributed by atoms with Gasteiger partial charge in [0.15, 0.2) is 5.54 Å². The maximum atomic E-state index is 12.3. The molecule has 1 amide bonds. The molecule has 6 heteroatoms. The van der Waals surface area contributed by atoms with Crippen LogP contribution in [0.4, 0.5) is 0 Å². The molecule has 23 heavy (non-hydrogen) atoms. The monoisotopic (exact) mass is 339 g/mol. The molecule has 0 heterocycles. The zero-order chi connectivity index (χ0) is 17.5. The van der Waals surface area contributed by atoms with Crippen LogP contribution in [0.5, 0.6) is 0 Å². The van der Waals surface area contributed by atoms with Gasteiger partial charge < -0.3 is 15.2 Å². The molecular weight excluding hydrogens is 318 g/mol. The number of rotatable bonds is 9. The first-order chi connectivity index (χ1) is 10.9. The minimum Gasteiger partial charge on any atom is -0.479 e. The second kappa shape index (κ2) is 8.70. The Labute approximate surface area is 141 Å². The quantitative estimate of drug-likeness (QED) is 0.535. The van der Waals surface area contributed by atoms with Gasteiger partial charge in [-0.2, -0.15) is 0 Å². The van der Waals surface area contributed by atoms with Crippen molar-refractivity contribution in [3.8, 4) is 0 Å². The van der Waals surface area contributed by atoms with Crippen molar-refractivity contribution in [2.45, 2.75) is 38.3 Å². The van der Waals surface area contributed by atoms with Gasteiger partial charge >= 0.3 is 5.97 Å². The van der Waals surface area contributed by atoms with E-state index < -0.39 is 23.5 Å². The molecule has 1 aromatic carbocycles. The molecule has 0 aliphatic carbocycles. The Hall–Kier alpha value is -1.85. The highest BCUT2D eigenvalue weighted by molar-refractivity contribution is 6.30. The molecule has 1 aromatic rings. The number of benzene rings is 1. The van der Waals surface area contributed by atoms with E-state index in [2.05, 4.69) is 11.9 Å². The highest BCUT2D eigenvalue weighted by atomic mass is 35.5. The van der Waals surface area contributed by atoms with Crippen molar-refractivity contribution in [2.75, 3.05) is 6.61 Å². The Balaban J connectivity index is 2.98. The van der Waals surface area contributed by atoms with E-state index in [9.17, 15) is 14.7 Å². The number of ether oxygens (including phenoxy) is 1. The van der Waals surface area contributed by atoms with Crippen LogP contribution < -0.4 is 5.32 Å². The number of amides is 1. The molecule has 0 saturated heterocycles. The molecular formula is C17H22ClNO4. The third-order valence-electron chi connectivity index (χ3n) is 3.63. The fraction of sp³-hybridized carbons (Fsp3) is 0.412. The van der Waals surface area contributed by atoms with Crippen LogP contribution in [0.3, 0.4) is 0 Å². The summed E-state index contributed by atoms with van der Waals surface area (Å²) in [6.45, 7) is 7.21. The van der Waals surface area contributed by atoms with Gasteiger partial charge in [0.25, 0.3) is 0 Å². The van der Waals surface area contributed by atoms with E-state index in [1.165, 1.54) is 0 Å². The highest BCUT2D eigenvalue weighted by Gasteiger charge is 2.41. The summed E-state index contributed by atoms with van der Waals surface area (Å²) in [6, 6.07) is 6.40. The standard InChI is InChI=1S/C17H22ClNO4/c1-4-6-11-23-12(3)15(20)19-17(5-2,16(21)22)13-7-9-14(18)10-8-13/h4,7-10,12H,1,5-6,11H2,2-3H3,(H,19,20)(H,21,22). The number of hydrogen-bond donors (Lipinski definition) is 2. The van der Waals surface area contributed by atoms with Crippen molar-refractivity contribution in [2.24, 2.45) is 0 Å². The lowest BCUT2D eigenvalue weighted by Crippen LogP contribution is -2.54. The molecule has 5 nitrogen and oxygen atoms in total. The largest absolute Gasteiger partial charge is 0.479 e. The number of hydrogen-bond acceptors (Lipinski definition) is 3. The minimum absolute atomic E-state index is 0.190. The van der Waals surface area contributed by atoms with Gasteiger partial charge in [0.1, 0.15) is 6.10 Å². The SMILES string of the molecule is C=CCCOC(C)C(=O)NC(CC)(C(=O)O)c1ccc(Cl)cc1.